The number of fused-ring (bicyclic) bond motifs is 1. The fraction of sp³-hybridized carbons (Fsp3) is 0.429. The molecule has 0 aromatic carbocycles. The summed E-state index contributed by atoms with van der Waals surface area (Å²) < 4.78 is 1.75. The zero-order valence-electron chi connectivity index (χ0n) is 12.9. The molecule has 2 aromatic rings. The van der Waals surface area contributed by atoms with E-state index in [1.807, 2.05) is 11.6 Å². The number of hydrogen-bond acceptors (Lipinski definition) is 6. The Hall–Kier alpha value is -1.87. The molecule has 1 fully saturated rings. The average Bonchev–Trinajstić information content (AvgIpc) is 3.17. The SMILES string of the molecule is CCCCN1C(=O)CS/C1=N/NC(=O)c1c(C)nc2sccn12. The van der Waals surface area contributed by atoms with Crippen LogP contribution in [0.1, 0.15) is 35.9 Å². The highest BCUT2D eigenvalue weighted by Gasteiger charge is 2.28. The third-order valence-corrected chi connectivity index (χ3v) is 5.21. The van der Waals surface area contributed by atoms with Gasteiger partial charge in [-0.2, -0.15) is 0 Å². The lowest BCUT2D eigenvalue weighted by molar-refractivity contribution is -0.124. The monoisotopic (exact) mass is 351 g/mol. The van der Waals surface area contributed by atoms with Gasteiger partial charge in [-0.25, -0.2) is 10.4 Å². The molecule has 0 saturated carbocycles. The van der Waals surface area contributed by atoms with Gasteiger partial charge in [-0.15, -0.1) is 16.4 Å². The van der Waals surface area contributed by atoms with Crippen molar-refractivity contribution in [1.29, 1.82) is 0 Å². The summed E-state index contributed by atoms with van der Waals surface area (Å²) in [5.74, 6) is 0.0901. The van der Waals surface area contributed by atoms with Gasteiger partial charge in [0.2, 0.25) is 5.91 Å². The van der Waals surface area contributed by atoms with Gasteiger partial charge in [0.1, 0.15) is 5.69 Å². The maximum atomic E-state index is 12.4. The first kappa shape index (κ1) is 16.0. The third-order valence-electron chi connectivity index (χ3n) is 3.50. The minimum absolute atomic E-state index is 0.0391. The molecular weight excluding hydrogens is 334 g/mol. The normalized spacial score (nSPS) is 16.7. The number of imidazole rings is 1. The summed E-state index contributed by atoms with van der Waals surface area (Å²) in [4.78, 5) is 31.0. The van der Waals surface area contributed by atoms with Gasteiger partial charge in [0.05, 0.1) is 11.4 Å². The zero-order chi connectivity index (χ0) is 16.4. The lowest BCUT2D eigenvalue weighted by atomic mass is 10.3. The molecule has 0 bridgehead atoms. The van der Waals surface area contributed by atoms with Gasteiger partial charge in [-0.1, -0.05) is 25.1 Å². The summed E-state index contributed by atoms with van der Waals surface area (Å²) in [6, 6.07) is 0. The Morgan fingerprint density at radius 1 is 1.52 bits per heavy atom. The maximum Gasteiger partial charge on any atom is 0.290 e. The van der Waals surface area contributed by atoms with Crippen molar-refractivity contribution in [2.75, 3.05) is 12.3 Å². The van der Waals surface area contributed by atoms with Crippen molar-refractivity contribution in [2.45, 2.75) is 26.7 Å². The van der Waals surface area contributed by atoms with E-state index in [-0.39, 0.29) is 11.8 Å². The Morgan fingerprint density at radius 3 is 3.13 bits per heavy atom. The van der Waals surface area contributed by atoms with E-state index in [2.05, 4.69) is 22.4 Å². The van der Waals surface area contributed by atoms with Crippen LogP contribution in [0.4, 0.5) is 0 Å². The van der Waals surface area contributed by atoms with Crippen molar-refractivity contribution < 1.29 is 9.59 Å². The molecule has 0 atom stereocenters. The second-order valence-electron chi connectivity index (χ2n) is 5.12. The van der Waals surface area contributed by atoms with E-state index in [4.69, 9.17) is 0 Å². The first-order valence-electron chi connectivity index (χ1n) is 7.35. The number of thioether (sulfide) groups is 1. The minimum Gasteiger partial charge on any atom is -0.289 e. The predicted molar refractivity (Wildman–Crippen MR) is 91.8 cm³/mol. The number of unbranched alkanes of at least 4 members (excludes halogenated alkanes) is 1. The molecule has 0 unspecified atom stereocenters. The molecule has 1 N–H and O–H groups in total. The van der Waals surface area contributed by atoms with Crippen LogP contribution in [-0.4, -0.2) is 43.6 Å². The number of carbonyl (C=O) groups excluding carboxylic acids is 2. The number of nitrogens with one attached hydrogen (secondary N) is 1. The van der Waals surface area contributed by atoms with Gasteiger partial charge in [-0.05, 0) is 13.3 Å². The van der Waals surface area contributed by atoms with Crippen molar-refractivity contribution in [1.82, 2.24) is 19.7 Å². The van der Waals surface area contributed by atoms with Crippen LogP contribution in [0.2, 0.25) is 0 Å². The zero-order valence-corrected chi connectivity index (χ0v) is 14.5. The molecule has 122 valence electrons. The summed E-state index contributed by atoms with van der Waals surface area (Å²) in [6.45, 7) is 4.50. The first-order valence-corrected chi connectivity index (χ1v) is 9.21. The standard InChI is InChI=1S/C14H17N5O2S2/c1-3-4-5-18-10(20)8-23-14(18)17-16-12(21)11-9(2)15-13-19(11)6-7-22-13/h6-7H,3-5,8H2,1-2H3,(H,16,21)/b17-14+. The predicted octanol–water partition coefficient (Wildman–Crippen LogP) is 2.08. The van der Waals surface area contributed by atoms with E-state index in [0.29, 0.717) is 28.9 Å². The highest BCUT2D eigenvalue weighted by molar-refractivity contribution is 8.15. The molecule has 3 heterocycles. The molecule has 2 aromatic heterocycles. The molecule has 1 aliphatic rings. The van der Waals surface area contributed by atoms with E-state index < -0.39 is 0 Å². The van der Waals surface area contributed by atoms with Crippen LogP contribution >= 0.6 is 23.1 Å². The Labute approximate surface area is 141 Å². The minimum atomic E-state index is -0.323. The summed E-state index contributed by atoms with van der Waals surface area (Å²) in [6.07, 6.45) is 3.72. The van der Waals surface area contributed by atoms with Crippen LogP contribution in [0.15, 0.2) is 16.7 Å². The van der Waals surface area contributed by atoms with Gasteiger partial charge < -0.3 is 0 Å². The highest BCUT2D eigenvalue weighted by Crippen LogP contribution is 2.20. The second-order valence-corrected chi connectivity index (χ2v) is 6.94. The van der Waals surface area contributed by atoms with Crippen molar-refractivity contribution >= 4 is 45.0 Å². The number of rotatable bonds is 5. The topological polar surface area (TPSA) is 79.1 Å². The number of hydrazone groups is 1. The Kier molecular flexibility index (Phi) is 4.67. The lowest BCUT2D eigenvalue weighted by Crippen LogP contribution is -2.32. The molecule has 0 spiro atoms. The molecule has 3 rings (SSSR count). The van der Waals surface area contributed by atoms with Gasteiger partial charge in [-0.3, -0.25) is 18.9 Å². The molecular formula is C14H17N5O2S2. The van der Waals surface area contributed by atoms with Gasteiger partial charge in [0.15, 0.2) is 10.1 Å². The number of amides is 2. The number of nitrogens with zero attached hydrogens (tertiary/aromatic N) is 4. The molecule has 1 aliphatic heterocycles. The Bertz CT molecular complexity index is 779. The van der Waals surface area contributed by atoms with Crippen LogP contribution in [-0.2, 0) is 4.79 Å². The highest BCUT2D eigenvalue weighted by atomic mass is 32.2. The van der Waals surface area contributed by atoms with Crippen LogP contribution in [0.3, 0.4) is 0 Å². The molecule has 1 saturated heterocycles. The smallest absolute Gasteiger partial charge is 0.289 e. The van der Waals surface area contributed by atoms with Crippen LogP contribution in [0, 0.1) is 6.92 Å². The Balaban J connectivity index is 1.76. The van der Waals surface area contributed by atoms with Crippen LogP contribution in [0.25, 0.3) is 4.96 Å². The quantitative estimate of drug-likeness (QED) is 0.837. The summed E-state index contributed by atoms with van der Waals surface area (Å²) in [5.41, 5.74) is 3.69. The van der Waals surface area contributed by atoms with E-state index in [1.54, 1.807) is 16.2 Å². The maximum absolute atomic E-state index is 12.4. The van der Waals surface area contributed by atoms with E-state index in [9.17, 15) is 9.59 Å². The molecule has 7 nitrogen and oxygen atoms in total. The van der Waals surface area contributed by atoms with E-state index in [1.165, 1.54) is 23.1 Å². The summed E-state index contributed by atoms with van der Waals surface area (Å²) >= 11 is 2.82. The van der Waals surface area contributed by atoms with Crippen LogP contribution < -0.4 is 5.43 Å². The largest absolute Gasteiger partial charge is 0.290 e. The van der Waals surface area contributed by atoms with Gasteiger partial charge >= 0.3 is 0 Å². The number of aryl methyl sites for hydroxylation is 1. The second kappa shape index (κ2) is 6.71. The van der Waals surface area contributed by atoms with E-state index in [0.717, 1.165) is 17.8 Å². The Morgan fingerprint density at radius 2 is 2.35 bits per heavy atom. The summed E-state index contributed by atoms with van der Waals surface area (Å²) in [5, 5.41) is 6.58. The third kappa shape index (κ3) is 3.11. The van der Waals surface area contributed by atoms with Crippen molar-refractivity contribution in [3.63, 3.8) is 0 Å². The first-order chi connectivity index (χ1) is 11.1. The molecule has 0 radical (unpaired) electrons. The van der Waals surface area contributed by atoms with Crippen molar-refractivity contribution in [2.24, 2.45) is 5.10 Å². The number of hydrogen-bond donors (Lipinski definition) is 1. The van der Waals surface area contributed by atoms with Crippen molar-refractivity contribution in [3.8, 4) is 0 Å². The fourth-order valence-corrected chi connectivity index (χ4v) is 3.96. The number of carbonyl (C=O) groups is 2. The number of thiazole rings is 1. The molecule has 9 heteroatoms. The average molecular weight is 351 g/mol. The molecule has 23 heavy (non-hydrogen) atoms. The lowest BCUT2D eigenvalue weighted by Gasteiger charge is -2.14. The van der Waals surface area contributed by atoms with Crippen LogP contribution in [0.5, 0.6) is 0 Å². The fourth-order valence-electron chi connectivity index (χ4n) is 2.34. The summed E-state index contributed by atoms with van der Waals surface area (Å²) in [7, 11) is 0. The molecule has 0 aliphatic carbocycles. The van der Waals surface area contributed by atoms with E-state index >= 15 is 0 Å². The van der Waals surface area contributed by atoms with Crippen molar-refractivity contribution in [3.05, 3.63) is 23.0 Å². The number of aromatic nitrogens is 2. The van der Waals surface area contributed by atoms with Gasteiger partial charge in [0, 0.05) is 18.1 Å². The number of amidine groups is 1. The van der Waals surface area contributed by atoms with Gasteiger partial charge in [0.25, 0.3) is 5.91 Å². The molecule has 2 amide bonds.